The number of aromatic nitrogens is 4. The summed E-state index contributed by atoms with van der Waals surface area (Å²) in [6.45, 7) is 2.54. The number of nitrogens with zero attached hydrogens (tertiary/aromatic N) is 4. The Morgan fingerprint density at radius 1 is 1.31 bits per heavy atom. The average molecular weight is 459 g/mol. The van der Waals surface area contributed by atoms with E-state index < -0.39 is 9.73 Å². The highest BCUT2D eigenvalue weighted by atomic mass is 32.2. The van der Waals surface area contributed by atoms with Crippen molar-refractivity contribution in [3.8, 4) is 11.1 Å². The zero-order chi connectivity index (χ0) is 22.9. The number of rotatable bonds is 7. The molecule has 4 rings (SSSR count). The Labute approximate surface area is 188 Å². The van der Waals surface area contributed by atoms with Gasteiger partial charge in [-0.1, -0.05) is 0 Å². The van der Waals surface area contributed by atoms with Crippen molar-refractivity contribution in [2.24, 2.45) is 0 Å². The van der Waals surface area contributed by atoms with Crippen LogP contribution < -0.4 is 5.32 Å². The molecule has 0 radical (unpaired) electrons. The summed E-state index contributed by atoms with van der Waals surface area (Å²) in [6.07, 6.45) is 7.82. The van der Waals surface area contributed by atoms with Gasteiger partial charge in [0.25, 0.3) is 0 Å². The van der Waals surface area contributed by atoms with E-state index in [1.54, 1.807) is 25.6 Å². The molecular formula is C22H30N6O3S. The van der Waals surface area contributed by atoms with E-state index in [9.17, 15) is 9.32 Å². The second kappa shape index (κ2) is 9.13. The van der Waals surface area contributed by atoms with Crippen molar-refractivity contribution in [3.05, 3.63) is 36.3 Å². The van der Waals surface area contributed by atoms with E-state index in [-0.39, 0.29) is 23.1 Å². The molecule has 1 aliphatic carbocycles. The average Bonchev–Trinajstić information content (AvgIpc) is 3.13. The van der Waals surface area contributed by atoms with E-state index >= 15 is 0 Å². The fraction of sp³-hybridized carbons (Fsp3) is 0.500. The minimum absolute atomic E-state index is 0.0540. The molecule has 10 heteroatoms. The predicted octanol–water partition coefficient (Wildman–Crippen LogP) is 3.29. The number of anilines is 1. The molecule has 3 aromatic rings. The zero-order valence-electron chi connectivity index (χ0n) is 18.6. The van der Waals surface area contributed by atoms with E-state index in [4.69, 9.17) is 14.6 Å². The number of ether oxygens (including phenoxy) is 1. The number of fused-ring (bicyclic) bond motifs is 1. The van der Waals surface area contributed by atoms with Gasteiger partial charge in [-0.25, -0.2) is 23.5 Å². The van der Waals surface area contributed by atoms with Crippen molar-refractivity contribution in [2.45, 2.75) is 55.7 Å². The standard InChI is InChI=1S/C22H30N6O3S/c1-14(13-31-2)26-22-25-12-20-18(16-8-9-24-21(10-16)32(3,23)30)11-19(28(20)27-22)15-4-6-17(29)7-5-15/h8-12,14-15,17,23,29H,4-7,13H2,1-3H3,(H,26,27)/t14-,15?,17?,32+/m0/s1. The summed E-state index contributed by atoms with van der Waals surface area (Å²) >= 11 is 0. The van der Waals surface area contributed by atoms with Crippen molar-refractivity contribution in [3.63, 3.8) is 0 Å². The summed E-state index contributed by atoms with van der Waals surface area (Å²) in [7, 11) is -1.27. The number of pyridine rings is 1. The molecule has 9 nitrogen and oxygen atoms in total. The predicted molar refractivity (Wildman–Crippen MR) is 123 cm³/mol. The van der Waals surface area contributed by atoms with Gasteiger partial charge in [-0.2, -0.15) is 0 Å². The summed E-state index contributed by atoms with van der Waals surface area (Å²) in [6, 6.07) is 5.73. The fourth-order valence-electron chi connectivity index (χ4n) is 4.28. The Bertz CT molecular complexity index is 1200. The zero-order valence-corrected chi connectivity index (χ0v) is 19.4. The first-order valence-electron chi connectivity index (χ1n) is 10.8. The van der Waals surface area contributed by atoms with Crippen molar-refractivity contribution < 1.29 is 14.1 Å². The smallest absolute Gasteiger partial charge is 0.241 e. The van der Waals surface area contributed by atoms with Gasteiger partial charge in [-0.3, -0.25) is 0 Å². The molecule has 3 heterocycles. The third kappa shape index (κ3) is 4.77. The second-order valence-corrected chi connectivity index (χ2v) is 10.7. The SMILES string of the molecule is COC[C@H](C)Nc1ncc2c(-c3ccnc([S@](C)(=N)=O)c3)cc(C3CCC(O)CC3)n2n1. The van der Waals surface area contributed by atoms with Crippen molar-refractivity contribution >= 4 is 21.2 Å². The molecule has 1 saturated carbocycles. The number of nitrogens with one attached hydrogen (secondary N) is 2. The summed E-state index contributed by atoms with van der Waals surface area (Å²) in [5.41, 5.74) is 3.64. The third-order valence-electron chi connectivity index (χ3n) is 5.90. The van der Waals surface area contributed by atoms with Gasteiger partial charge in [-0.05, 0) is 56.4 Å². The molecule has 3 N–H and O–H groups in total. The van der Waals surface area contributed by atoms with Gasteiger partial charge < -0.3 is 15.2 Å². The first-order valence-corrected chi connectivity index (χ1v) is 12.8. The van der Waals surface area contributed by atoms with Crippen LogP contribution in [-0.2, 0) is 14.5 Å². The molecule has 0 saturated heterocycles. The summed E-state index contributed by atoms with van der Waals surface area (Å²) in [4.78, 5) is 8.64. The molecule has 0 aromatic carbocycles. The van der Waals surface area contributed by atoms with Crippen LogP contribution in [-0.4, -0.2) is 61.0 Å². The Hall–Kier alpha value is -2.56. The highest BCUT2D eigenvalue weighted by Crippen LogP contribution is 2.37. The Kier molecular flexibility index (Phi) is 6.45. The number of aliphatic hydroxyl groups excluding tert-OH is 1. The van der Waals surface area contributed by atoms with Crippen LogP contribution in [0.4, 0.5) is 5.95 Å². The van der Waals surface area contributed by atoms with E-state index in [1.807, 2.05) is 17.5 Å². The topological polar surface area (TPSA) is 125 Å². The van der Waals surface area contributed by atoms with E-state index in [2.05, 4.69) is 21.4 Å². The quantitative estimate of drug-likeness (QED) is 0.496. The molecule has 1 fully saturated rings. The molecule has 172 valence electrons. The molecule has 0 unspecified atom stereocenters. The highest BCUT2D eigenvalue weighted by molar-refractivity contribution is 7.91. The van der Waals surface area contributed by atoms with E-state index in [0.29, 0.717) is 12.6 Å². The van der Waals surface area contributed by atoms with Gasteiger partial charge in [0, 0.05) is 42.8 Å². The number of aliphatic hydroxyl groups is 1. The van der Waals surface area contributed by atoms with Gasteiger partial charge in [-0.15, -0.1) is 5.10 Å². The molecule has 0 amide bonds. The molecule has 0 aliphatic heterocycles. The van der Waals surface area contributed by atoms with Gasteiger partial charge in [0.2, 0.25) is 5.95 Å². The largest absolute Gasteiger partial charge is 0.393 e. The maximum atomic E-state index is 12.3. The van der Waals surface area contributed by atoms with Crippen LogP contribution in [0.15, 0.2) is 35.6 Å². The van der Waals surface area contributed by atoms with Crippen molar-refractivity contribution in [2.75, 3.05) is 25.3 Å². The summed E-state index contributed by atoms with van der Waals surface area (Å²) in [5, 5.41) is 18.3. The fourth-order valence-corrected chi connectivity index (χ4v) is 4.89. The molecule has 32 heavy (non-hydrogen) atoms. The monoisotopic (exact) mass is 458 g/mol. The second-order valence-electron chi connectivity index (χ2n) is 8.59. The minimum atomic E-state index is -2.93. The van der Waals surface area contributed by atoms with Crippen LogP contribution >= 0.6 is 0 Å². The summed E-state index contributed by atoms with van der Waals surface area (Å²) < 4.78 is 27.3. The van der Waals surface area contributed by atoms with Crippen LogP contribution in [0.2, 0.25) is 0 Å². The Morgan fingerprint density at radius 2 is 2.06 bits per heavy atom. The van der Waals surface area contributed by atoms with Crippen LogP contribution in [0, 0.1) is 4.78 Å². The molecule has 1 aliphatic rings. The molecular weight excluding hydrogens is 428 g/mol. The van der Waals surface area contributed by atoms with Crippen molar-refractivity contribution in [1.82, 2.24) is 19.6 Å². The molecule has 0 bridgehead atoms. The van der Waals surface area contributed by atoms with Gasteiger partial charge in [0.05, 0.1) is 34.2 Å². The van der Waals surface area contributed by atoms with E-state index in [0.717, 1.165) is 48.0 Å². The maximum absolute atomic E-state index is 12.3. The lowest BCUT2D eigenvalue weighted by Crippen LogP contribution is -2.23. The maximum Gasteiger partial charge on any atom is 0.241 e. The molecule has 0 spiro atoms. The van der Waals surface area contributed by atoms with Gasteiger partial charge in [0.1, 0.15) is 5.03 Å². The normalized spacial score (nSPS) is 21.9. The minimum Gasteiger partial charge on any atom is -0.393 e. The van der Waals surface area contributed by atoms with Crippen LogP contribution in [0.3, 0.4) is 0 Å². The number of methoxy groups -OCH3 is 1. The van der Waals surface area contributed by atoms with Crippen LogP contribution in [0.25, 0.3) is 16.6 Å². The summed E-state index contributed by atoms with van der Waals surface area (Å²) in [5.74, 6) is 0.783. The lowest BCUT2D eigenvalue weighted by Gasteiger charge is -2.25. The first kappa shape index (κ1) is 22.6. The molecule has 2 atom stereocenters. The third-order valence-corrected chi connectivity index (χ3v) is 6.92. The Morgan fingerprint density at radius 3 is 2.75 bits per heavy atom. The first-order chi connectivity index (χ1) is 15.3. The van der Waals surface area contributed by atoms with Crippen LogP contribution in [0.1, 0.15) is 44.2 Å². The highest BCUT2D eigenvalue weighted by Gasteiger charge is 2.26. The van der Waals surface area contributed by atoms with Crippen molar-refractivity contribution in [1.29, 1.82) is 4.78 Å². The molecule has 3 aromatic heterocycles. The Balaban J connectivity index is 1.81. The number of hydrogen-bond acceptors (Lipinski definition) is 8. The lowest BCUT2D eigenvalue weighted by molar-refractivity contribution is 0.121. The van der Waals surface area contributed by atoms with Crippen LogP contribution in [0.5, 0.6) is 0 Å². The van der Waals surface area contributed by atoms with Gasteiger partial charge in [0.15, 0.2) is 0 Å². The number of hydrogen-bond donors (Lipinski definition) is 3. The van der Waals surface area contributed by atoms with Gasteiger partial charge >= 0.3 is 0 Å². The lowest BCUT2D eigenvalue weighted by atomic mass is 9.85. The van der Waals surface area contributed by atoms with E-state index in [1.165, 1.54) is 6.26 Å².